The summed E-state index contributed by atoms with van der Waals surface area (Å²) in [7, 11) is 1.82. The highest BCUT2D eigenvalue weighted by molar-refractivity contribution is 4.70. The van der Waals surface area contributed by atoms with Gasteiger partial charge in [0.25, 0.3) is 0 Å². The number of likely N-dealkylation sites (tertiary alicyclic amines) is 1. The van der Waals surface area contributed by atoms with E-state index in [1.54, 1.807) is 0 Å². The zero-order chi connectivity index (χ0) is 8.81. The molecule has 1 rings (SSSR count). The third-order valence-electron chi connectivity index (χ3n) is 2.62. The number of nitrogens with one attached hydrogen (secondary N) is 1. The fraction of sp³-hybridized carbons (Fsp3) is 1.00. The van der Waals surface area contributed by atoms with E-state index < -0.39 is 0 Å². The molecule has 0 atom stereocenters. The zero-order valence-electron chi connectivity index (χ0n) is 8.18. The van der Waals surface area contributed by atoms with Gasteiger partial charge in [0.1, 0.15) is 0 Å². The molecule has 12 heavy (non-hydrogen) atoms. The first-order valence-electron chi connectivity index (χ1n) is 4.87. The Morgan fingerprint density at radius 3 is 2.58 bits per heavy atom. The van der Waals surface area contributed by atoms with Gasteiger partial charge in [-0.05, 0) is 38.4 Å². The van der Waals surface area contributed by atoms with Crippen LogP contribution in [-0.2, 0) is 4.84 Å². The molecule has 0 aromatic rings. The molecule has 0 radical (unpaired) electrons. The highest BCUT2D eigenvalue weighted by atomic mass is 16.6. The molecule has 1 aliphatic rings. The highest BCUT2D eigenvalue weighted by Crippen LogP contribution is 2.16. The molecular formula is C9H20N2O. The molecule has 1 heterocycles. The van der Waals surface area contributed by atoms with Crippen LogP contribution in [0.3, 0.4) is 0 Å². The van der Waals surface area contributed by atoms with Gasteiger partial charge >= 0.3 is 0 Å². The quantitative estimate of drug-likeness (QED) is 0.637. The third kappa shape index (κ3) is 3.09. The van der Waals surface area contributed by atoms with Gasteiger partial charge in [0, 0.05) is 7.05 Å². The molecule has 0 aromatic heterocycles. The van der Waals surface area contributed by atoms with E-state index in [1.807, 2.05) is 7.05 Å². The molecule has 0 spiro atoms. The van der Waals surface area contributed by atoms with E-state index in [0.29, 0.717) is 0 Å². The van der Waals surface area contributed by atoms with E-state index in [2.05, 4.69) is 17.3 Å². The van der Waals surface area contributed by atoms with Gasteiger partial charge in [-0.25, -0.2) is 5.48 Å². The standard InChI is InChI=1S/C9H20N2O/c1-3-11-6-4-9(5-7-11)8-12-10-2/h9-10H,3-8H2,1-2H3. The number of hydrogen-bond acceptors (Lipinski definition) is 3. The monoisotopic (exact) mass is 172 g/mol. The predicted octanol–water partition coefficient (Wildman–Crippen LogP) is 0.869. The van der Waals surface area contributed by atoms with Gasteiger partial charge in [-0.2, -0.15) is 0 Å². The Balaban J connectivity index is 2.09. The summed E-state index contributed by atoms with van der Waals surface area (Å²) in [6.45, 7) is 6.78. The Morgan fingerprint density at radius 1 is 1.42 bits per heavy atom. The van der Waals surface area contributed by atoms with Gasteiger partial charge in [0.2, 0.25) is 0 Å². The lowest BCUT2D eigenvalue weighted by Gasteiger charge is -2.30. The minimum absolute atomic E-state index is 0.764. The molecule has 1 N–H and O–H groups in total. The van der Waals surface area contributed by atoms with Gasteiger partial charge in [-0.15, -0.1) is 0 Å². The summed E-state index contributed by atoms with van der Waals surface area (Å²) in [4.78, 5) is 7.67. The lowest BCUT2D eigenvalue weighted by atomic mass is 9.98. The molecule has 1 fully saturated rings. The Labute approximate surface area is 75.0 Å². The topological polar surface area (TPSA) is 24.5 Å². The zero-order valence-corrected chi connectivity index (χ0v) is 8.18. The molecule has 3 nitrogen and oxygen atoms in total. The second-order valence-electron chi connectivity index (χ2n) is 3.39. The first kappa shape index (κ1) is 9.96. The minimum Gasteiger partial charge on any atom is -0.304 e. The summed E-state index contributed by atoms with van der Waals surface area (Å²) in [5.74, 6) is 0.764. The van der Waals surface area contributed by atoms with Crippen LogP contribution in [0.25, 0.3) is 0 Å². The molecule has 3 heteroatoms. The van der Waals surface area contributed by atoms with Crippen molar-refractivity contribution < 1.29 is 4.84 Å². The maximum atomic E-state index is 5.17. The molecular weight excluding hydrogens is 152 g/mol. The van der Waals surface area contributed by atoms with Gasteiger partial charge in [-0.3, -0.25) is 0 Å². The lowest BCUT2D eigenvalue weighted by molar-refractivity contribution is 0.0145. The first-order chi connectivity index (χ1) is 5.86. The summed E-state index contributed by atoms with van der Waals surface area (Å²) >= 11 is 0. The maximum Gasteiger partial charge on any atom is 0.0711 e. The van der Waals surface area contributed by atoms with Crippen molar-refractivity contribution in [1.82, 2.24) is 10.4 Å². The largest absolute Gasteiger partial charge is 0.304 e. The number of piperidine rings is 1. The van der Waals surface area contributed by atoms with E-state index in [0.717, 1.165) is 12.5 Å². The van der Waals surface area contributed by atoms with Gasteiger partial charge in [0.15, 0.2) is 0 Å². The molecule has 0 aliphatic carbocycles. The first-order valence-corrected chi connectivity index (χ1v) is 4.87. The van der Waals surface area contributed by atoms with E-state index in [1.165, 1.54) is 32.5 Å². The normalized spacial score (nSPS) is 21.5. The van der Waals surface area contributed by atoms with E-state index in [4.69, 9.17) is 4.84 Å². The van der Waals surface area contributed by atoms with E-state index in [-0.39, 0.29) is 0 Å². The van der Waals surface area contributed by atoms with E-state index in [9.17, 15) is 0 Å². The van der Waals surface area contributed by atoms with Gasteiger partial charge < -0.3 is 9.74 Å². The van der Waals surface area contributed by atoms with Crippen molar-refractivity contribution in [2.45, 2.75) is 19.8 Å². The van der Waals surface area contributed by atoms with Crippen molar-refractivity contribution in [3.05, 3.63) is 0 Å². The summed E-state index contributed by atoms with van der Waals surface area (Å²) in [5.41, 5.74) is 2.73. The predicted molar refractivity (Wildman–Crippen MR) is 49.8 cm³/mol. The van der Waals surface area contributed by atoms with Crippen molar-refractivity contribution >= 4 is 0 Å². The Hall–Kier alpha value is -0.120. The average molecular weight is 172 g/mol. The van der Waals surface area contributed by atoms with Crippen molar-refractivity contribution in [2.75, 3.05) is 33.3 Å². The van der Waals surface area contributed by atoms with Crippen molar-refractivity contribution in [1.29, 1.82) is 0 Å². The summed E-state index contributed by atoms with van der Waals surface area (Å²) in [6.07, 6.45) is 2.57. The molecule has 0 amide bonds. The van der Waals surface area contributed by atoms with Crippen LogP contribution in [-0.4, -0.2) is 38.2 Å². The van der Waals surface area contributed by atoms with Crippen LogP contribution in [0.15, 0.2) is 0 Å². The SMILES string of the molecule is CCN1CCC(CONC)CC1. The minimum atomic E-state index is 0.764. The van der Waals surface area contributed by atoms with Crippen molar-refractivity contribution in [3.63, 3.8) is 0 Å². The molecule has 0 saturated carbocycles. The summed E-state index contributed by atoms with van der Waals surface area (Å²) < 4.78 is 0. The molecule has 0 bridgehead atoms. The Bertz CT molecular complexity index is 111. The van der Waals surface area contributed by atoms with Crippen LogP contribution in [0.4, 0.5) is 0 Å². The number of rotatable bonds is 4. The van der Waals surface area contributed by atoms with Crippen LogP contribution < -0.4 is 5.48 Å². The third-order valence-corrected chi connectivity index (χ3v) is 2.62. The molecule has 1 aliphatic heterocycles. The van der Waals surface area contributed by atoms with Crippen molar-refractivity contribution in [2.24, 2.45) is 5.92 Å². The van der Waals surface area contributed by atoms with Crippen LogP contribution in [0.2, 0.25) is 0 Å². The molecule has 0 aromatic carbocycles. The second kappa shape index (κ2) is 5.51. The molecule has 72 valence electrons. The van der Waals surface area contributed by atoms with Crippen LogP contribution in [0.1, 0.15) is 19.8 Å². The second-order valence-corrected chi connectivity index (χ2v) is 3.39. The number of hydroxylamine groups is 1. The Morgan fingerprint density at radius 2 is 2.08 bits per heavy atom. The fourth-order valence-corrected chi connectivity index (χ4v) is 1.67. The number of nitrogens with zero attached hydrogens (tertiary/aromatic N) is 1. The summed E-state index contributed by atoms with van der Waals surface area (Å²) in [5, 5.41) is 0. The van der Waals surface area contributed by atoms with Crippen molar-refractivity contribution in [3.8, 4) is 0 Å². The summed E-state index contributed by atoms with van der Waals surface area (Å²) in [6, 6.07) is 0. The smallest absolute Gasteiger partial charge is 0.0711 e. The molecule has 0 unspecified atom stereocenters. The number of hydrogen-bond donors (Lipinski definition) is 1. The van der Waals surface area contributed by atoms with E-state index >= 15 is 0 Å². The maximum absolute atomic E-state index is 5.17. The van der Waals surface area contributed by atoms with Crippen LogP contribution in [0, 0.1) is 5.92 Å². The average Bonchev–Trinajstić information content (AvgIpc) is 2.15. The van der Waals surface area contributed by atoms with Gasteiger partial charge in [0.05, 0.1) is 6.61 Å². The lowest BCUT2D eigenvalue weighted by Crippen LogP contribution is -2.35. The fourth-order valence-electron chi connectivity index (χ4n) is 1.67. The van der Waals surface area contributed by atoms with Gasteiger partial charge in [-0.1, -0.05) is 6.92 Å². The van der Waals surface area contributed by atoms with Crippen LogP contribution >= 0.6 is 0 Å². The molecule has 1 saturated heterocycles. The highest BCUT2D eigenvalue weighted by Gasteiger charge is 2.17. The Kier molecular flexibility index (Phi) is 4.58. The van der Waals surface area contributed by atoms with Crippen LogP contribution in [0.5, 0.6) is 0 Å².